The van der Waals surface area contributed by atoms with E-state index < -0.39 is 0 Å². The van der Waals surface area contributed by atoms with Crippen molar-refractivity contribution in [3.8, 4) is 11.3 Å². The molecular formula is C22H28N4O2. The Labute approximate surface area is 165 Å². The van der Waals surface area contributed by atoms with Crippen molar-refractivity contribution >= 4 is 16.9 Å². The Hall–Kier alpha value is -2.89. The maximum Gasteiger partial charge on any atom is 0.255 e. The number of rotatable bonds is 6. The van der Waals surface area contributed by atoms with Crippen LogP contribution in [0.2, 0.25) is 0 Å². The van der Waals surface area contributed by atoms with Gasteiger partial charge in [0.2, 0.25) is 0 Å². The van der Waals surface area contributed by atoms with E-state index in [9.17, 15) is 4.79 Å². The molecule has 3 aromatic rings. The van der Waals surface area contributed by atoms with Gasteiger partial charge in [-0.2, -0.15) is 5.10 Å². The lowest BCUT2D eigenvalue weighted by Crippen LogP contribution is -2.32. The number of carbonyl (C=O) groups excluding carboxylic acids is 1. The summed E-state index contributed by atoms with van der Waals surface area (Å²) in [5.41, 5.74) is 3.88. The summed E-state index contributed by atoms with van der Waals surface area (Å²) < 4.78 is 7.55. The van der Waals surface area contributed by atoms with E-state index >= 15 is 0 Å². The van der Waals surface area contributed by atoms with E-state index in [2.05, 4.69) is 25.5 Å². The molecule has 0 saturated carbocycles. The van der Waals surface area contributed by atoms with Crippen molar-refractivity contribution in [3.05, 3.63) is 47.6 Å². The van der Waals surface area contributed by atoms with Crippen LogP contribution < -0.4 is 0 Å². The Morgan fingerprint density at radius 1 is 1.32 bits per heavy atom. The van der Waals surface area contributed by atoms with Crippen LogP contribution in [0.1, 0.15) is 55.6 Å². The molecule has 0 aliphatic carbocycles. The summed E-state index contributed by atoms with van der Waals surface area (Å²) in [6.45, 7) is 16.9. The normalized spacial score (nSPS) is 11.4. The van der Waals surface area contributed by atoms with Gasteiger partial charge >= 0.3 is 0 Å². The number of aromatic nitrogens is 3. The van der Waals surface area contributed by atoms with Gasteiger partial charge in [0, 0.05) is 24.7 Å². The van der Waals surface area contributed by atoms with Gasteiger partial charge in [0.05, 0.1) is 22.8 Å². The summed E-state index contributed by atoms with van der Waals surface area (Å²) in [6, 6.07) is 3.95. The Morgan fingerprint density at radius 2 is 2.04 bits per heavy atom. The van der Waals surface area contributed by atoms with Gasteiger partial charge in [-0.1, -0.05) is 12.2 Å². The standard InChI is InChI=1S/C22H28N4O2/c1-8-25(12-13(2)3)22(27)18-10-20(17-9-15(6)28-16(17)7)24-21-19(18)11-23-26(21)14(4)5/h9-11,14H,2,8,12H2,1,3-7H3. The minimum Gasteiger partial charge on any atom is -0.466 e. The number of aryl methyl sites for hydroxylation is 2. The number of fused-ring (bicyclic) bond motifs is 1. The van der Waals surface area contributed by atoms with Crippen molar-refractivity contribution in [2.75, 3.05) is 13.1 Å². The number of hydrogen-bond acceptors (Lipinski definition) is 4. The lowest BCUT2D eigenvalue weighted by molar-refractivity contribution is 0.0780. The maximum absolute atomic E-state index is 13.4. The van der Waals surface area contributed by atoms with Crippen LogP contribution in [-0.2, 0) is 0 Å². The summed E-state index contributed by atoms with van der Waals surface area (Å²) in [5.74, 6) is 1.56. The molecule has 0 atom stereocenters. The van der Waals surface area contributed by atoms with Crippen molar-refractivity contribution in [1.82, 2.24) is 19.7 Å². The van der Waals surface area contributed by atoms with Gasteiger partial charge in [-0.25, -0.2) is 9.67 Å². The van der Waals surface area contributed by atoms with Gasteiger partial charge < -0.3 is 9.32 Å². The number of likely N-dealkylation sites (N-methyl/N-ethyl adjacent to an activating group) is 1. The average Bonchev–Trinajstić information content (AvgIpc) is 3.20. The second-order valence-corrected chi connectivity index (χ2v) is 7.58. The van der Waals surface area contributed by atoms with Crippen LogP contribution in [0.5, 0.6) is 0 Å². The van der Waals surface area contributed by atoms with Gasteiger partial charge in [0.1, 0.15) is 11.5 Å². The van der Waals surface area contributed by atoms with Crippen molar-refractivity contribution in [2.24, 2.45) is 0 Å². The summed E-state index contributed by atoms with van der Waals surface area (Å²) in [4.78, 5) is 20.0. The van der Waals surface area contributed by atoms with E-state index in [-0.39, 0.29) is 11.9 Å². The first-order valence-electron chi connectivity index (χ1n) is 9.62. The zero-order valence-corrected chi connectivity index (χ0v) is 17.5. The second-order valence-electron chi connectivity index (χ2n) is 7.58. The Morgan fingerprint density at radius 3 is 2.57 bits per heavy atom. The topological polar surface area (TPSA) is 64.2 Å². The molecule has 0 aromatic carbocycles. The van der Waals surface area contributed by atoms with Crippen LogP contribution in [0, 0.1) is 13.8 Å². The molecule has 6 heteroatoms. The molecule has 0 saturated heterocycles. The minimum absolute atomic E-state index is 0.0414. The molecule has 28 heavy (non-hydrogen) atoms. The molecule has 148 valence electrons. The van der Waals surface area contributed by atoms with E-state index in [0.29, 0.717) is 24.3 Å². The highest BCUT2D eigenvalue weighted by molar-refractivity contribution is 6.06. The zero-order valence-electron chi connectivity index (χ0n) is 17.5. The van der Waals surface area contributed by atoms with E-state index in [1.165, 1.54) is 0 Å². The molecule has 6 nitrogen and oxygen atoms in total. The van der Waals surface area contributed by atoms with Crippen molar-refractivity contribution in [2.45, 2.75) is 47.6 Å². The van der Waals surface area contributed by atoms with Crippen molar-refractivity contribution in [1.29, 1.82) is 0 Å². The molecule has 0 fully saturated rings. The highest BCUT2D eigenvalue weighted by Crippen LogP contribution is 2.30. The fourth-order valence-electron chi connectivity index (χ4n) is 3.42. The molecule has 0 bridgehead atoms. The van der Waals surface area contributed by atoms with Crippen molar-refractivity contribution < 1.29 is 9.21 Å². The SMILES string of the molecule is C=C(C)CN(CC)C(=O)c1cc(-c2cc(C)oc2C)nc2c1cnn2C(C)C. The number of carbonyl (C=O) groups is 1. The quantitative estimate of drug-likeness (QED) is 0.569. The zero-order chi connectivity index (χ0) is 20.6. The Bertz CT molecular complexity index is 1040. The van der Waals surface area contributed by atoms with Gasteiger partial charge in [-0.15, -0.1) is 0 Å². The highest BCUT2D eigenvalue weighted by Gasteiger charge is 2.23. The minimum atomic E-state index is -0.0414. The molecular weight excluding hydrogens is 352 g/mol. The average molecular weight is 380 g/mol. The van der Waals surface area contributed by atoms with Crippen LogP contribution in [0.15, 0.2) is 34.9 Å². The lowest BCUT2D eigenvalue weighted by Gasteiger charge is -2.21. The predicted octanol–water partition coefficient (Wildman–Crippen LogP) is 4.93. The van der Waals surface area contributed by atoms with Crippen molar-refractivity contribution in [3.63, 3.8) is 0 Å². The second kappa shape index (κ2) is 7.62. The molecule has 0 aliphatic heterocycles. The van der Waals surface area contributed by atoms with Gasteiger partial charge in [-0.3, -0.25) is 4.79 Å². The molecule has 0 N–H and O–H groups in total. The third-order valence-corrected chi connectivity index (χ3v) is 4.73. The lowest BCUT2D eigenvalue weighted by atomic mass is 10.1. The summed E-state index contributed by atoms with van der Waals surface area (Å²) >= 11 is 0. The fraction of sp³-hybridized carbons (Fsp3) is 0.409. The van der Waals surface area contributed by atoms with E-state index in [0.717, 1.165) is 33.7 Å². The third kappa shape index (κ3) is 3.59. The predicted molar refractivity (Wildman–Crippen MR) is 111 cm³/mol. The van der Waals surface area contributed by atoms with E-state index in [1.807, 2.05) is 44.5 Å². The molecule has 3 rings (SSSR count). The molecule has 1 amide bonds. The van der Waals surface area contributed by atoms with E-state index in [4.69, 9.17) is 9.40 Å². The summed E-state index contributed by atoms with van der Waals surface area (Å²) in [7, 11) is 0. The first kappa shape index (κ1) is 19.9. The van der Waals surface area contributed by atoms with Crippen LogP contribution in [0.3, 0.4) is 0 Å². The fourth-order valence-corrected chi connectivity index (χ4v) is 3.42. The van der Waals surface area contributed by atoms with Gasteiger partial charge in [-0.05, 0) is 53.7 Å². The summed E-state index contributed by atoms with van der Waals surface area (Å²) in [5, 5.41) is 5.25. The van der Waals surface area contributed by atoms with Crippen LogP contribution in [-0.4, -0.2) is 38.7 Å². The number of hydrogen-bond donors (Lipinski definition) is 0. The smallest absolute Gasteiger partial charge is 0.255 e. The third-order valence-electron chi connectivity index (χ3n) is 4.73. The Kier molecular flexibility index (Phi) is 5.40. The largest absolute Gasteiger partial charge is 0.466 e. The van der Waals surface area contributed by atoms with Crippen LogP contribution in [0.25, 0.3) is 22.3 Å². The number of amides is 1. The molecule has 0 aliphatic rings. The number of furan rings is 1. The van der Waals surface area contributed by atoms with Crippen LogP contribution >= 0.6 is 0 Å². The molecule has 0 spiro atoms. The number of pyridine rings is 1. The van der Waals surface area contributed by atoms with Crippen LogP contribution in [0.4, 0.5) is 0 Å². The highest BCUT2D eigenvalue weighted by atomic mass is 16.3. The monoisotopic (exact) mass is 380 g/mol. The summed E-state index contributed by atoms with van der Waals surface area (Å²) in [6.07, 6.45) is 1.74. The molecule has 3 heterocycles. The first-order valence-corrected chi connectivity index (χ1v) is 9.62. The van der Waals surface area contributed by atoms with Gasteiger partial charge in [0.15, 0.2) is 5.65 Å². The Balaban J connectivity index is 2.24. The molecule has 0 unspecified atom stereocenters. The molecule has 0 radical (unpaired) electrons. The van der Waals surface area contributed by atoms with E-state index in [1.54, 1.807) is 11.1 Å². The number of nitrogens with zero attached hydrogens (tertiary/aromatic N) is 4. The first-order chi connectivity index (χ1) is 13.2. The van der Waals surface area contributed by atoms with Gasteiger partial charge in [0.25, 0.3) is 5.91 Å². The molecule has 3 aromatic heterocycles. The maximum atomic E-state index is 13.4.